The van der Waals surface area contributed by atoms with E-state index in [-0.39, 0.29) is 24.1 Å². The molecule has 2 fully saturated rings. The van der Waals surface area contributed by atoms with Gasteiger partial charge in [-0.1, -0.05) is 0 Å². The molecule has 1 saturated carbocycles. The van der Waals surface area contributed by atoms with Crippen LogP contribution in [0.1, 0.15) is 59.3 Å². The molecule has 0 spiro atoms. The average molecular weight is 408 g/mol. The van der Waals surface area contributed by atoms with E-state index in [0.29, 0.717) is 13.0 Å². The second-order valence-corrected chi connectivity index (χ2v) is 8.62. The van der Waals surface area contributed by atoms with Crippen molar-refractivity contribution in [3.8, 4) is 6.01 Å². The number of nitrogens with zero attached hydrogens (tertiary/aromatic N) is 3. The van der Waals surface area contributed by atoms with E-state index in [1.54, 1.807) is 0 Å². The van der Waals surface area contributed by atoms with Crippen molar-refractivity contribution in [3.05, 3.63) is 18.2 Å². The van der Waals surface area contributed by atoms with Gasteiger partial charge in [-0.2, -0.15) is 0 Å². The number of amides is 2. The lowest BCUT2D eigenvalue weighted by atomic mass is 9.92. The number of ether oxygens (including phenoxy) is 2. The van der Waals surface area contributed by atoms with Crippen LogP contribution in [0, 0.1) is 5.82 Å². The third-order valence-electron chi connectivity index (χ3n) is 5.07. The summed E-state index contributed by atoms with van der Waals surface area (Å²) >= 11 is 0. The molecule has 2 amide bonds. The molecular weight excluding hydrogens is 379 g/mol. The first-order valence-corrected chi connectivity index (χ1v) is 10.2. The van der Waals surface area contributed by atoms with E-state index >= 15 is 0 Å². The predicted octanol–water partition coefficient (Wildman–Crippen LogP) is 2.82. The number of aromatic nitrogens is 2. The van der Waals surface area contributed by atoms with E-state index in [1.807, 2.05) is 20.8 Å². The van der Waals surface area contributed by atoms with Crippen molar-refractivity contribution in [2.45, 2.75) is 83.1 Å². The number of halogens is 1. The van der Waals surface area contributed by atoms with E-state index in [1.165, 1.54) is 4.90 Å². The van der Waals surface area contributed by atoms with Crippen molar-refractivity contribution in [1.82, 2.24) is 20.2 Å². The lowest BCUT2D eigenvalue weighted by Crippen LogP contribution is -2.50. The Bertz CT molecular complexity index is 714. The first kappa shape index (κ1) is 21.3. The summed E-state index contributed by atoms with van der Waals surface area (Å²) in [6.07, 6.45) is 6.09. The van der Waals surface area contributed by atoms with E-state index in [0.717, 1.165) is 44.5 Å². The highest BCUT2D eigenvalue weighted by atomic mass is 19.1. The van der Waals surface area contributed by atoms with Crippen molar-refractivity contribution in [2.24, 2.45) is 0 Å². The topological polar surface area (TPSA) is 93.7 Å². The average Bonchev–Trinajstić information content (AvgIpc) is 3.14. The molecule has 160 valence electrons. The predicted molar refractivity (Wildman–Crippen MR) is 103 cm³/mol. The highest BCUT2D eigenvalue weighted by Gasteiger charge is 2.37. The number of carbonyl (C=O) groups excluding carboxylic acids is 2. The Morgan fingerprint density at radius 3 is 2.41 bits per heavy atom. The van der Waals surface area contributed by atoms with E-state index in [4.69, 9.17) is 9.47 Å². The number of rotatable bonds is 4. The maximum Gasteiger partial charge on any atom is 0.410 e. The van der Waals surface area contributed by atoms with Crippen LogP contribution in [-0.4, -0.2) is 57.2 Å². The number of likely N-dealkylation sites (tertiary alicyclic amines) is 1. The molecule has 1 atom stereocenters. The van der Waals surface area contributed by atoms with Crippen molar-refractivity contribution in [3.63, 3.8) is 0 Å². The van der Waals surface area contributed by atoms with Crippen LogP contribution in [0.3, 0.4) is 0 Å². The SMILES string of the molecule is CC(C)(C)OC(=O)N1CCCC1C(=O)NC1CCC(Oc2ncc(F)cn2)CC1. The Balaban J connectivity index is 1.46. The van der Waals surface area contributed by atoms with E-state index < -0.39 is 23.6 Å². The van der Waals surface area contributed by atoms with Gasteiger partial charge in [0.2, 0.25) is 5.91 Å². The number of nitrogens with one attached hydrogen (secondary N) is 1. The second kappa shape index (κ2) is 8.92. The fourth-order valence-corrected chi connectivity index (χ4v) is 3.71. The van der Waals surface area contributed by atoms with E-state index in [2.05, 4.69) is 15.3 Å². The molecule has 2 aliphatic rings. The molecule has 29 heavy (non-hydrogen) atoms. The third-order valence-corrected chi connectivity index (χ3v) is 5.07. The molecule has 1 aromatic rings. The van der Waals surface area contributed by atoms with Crippen molar-refractivity contribution in [2.75, 3.05) is 6.54 Å². The summed E-state index contributed by atoms with van der Waals surface area (Å²) in [5.74, 6) is -0.629. The van der Waals surface area contributed by atoms with Crippen LogP contribution in [0.2, 0.25) is 0 Å². The molecule has 9 heteroatoms. The minimum Gasteiger partial charge on any atom is -0.460 e. The summed E-state index contributed by atoms with van der Waals surface area (Å²) in [5.41, 5.74) is -0.590. The molecule has 1 aromatic heterocycles. The van der Waals surface area contributed by atoms with Crippen LogP contribution < -0.4 is 10.1 Å². The summed E-state index contributed by atoms with van der Waals surface area (Å²) in [4.78, 5) is 34.3. The van der Waals surface area contributed by atoms with Gasteiger partial charge in [0.05, 0.1) is 12.4 Å². The Morgan fingerprint density at radius 2 is 1.79 bits per heavy atom. The molecule has 1 saturated heterocycles. The molecule has 0 aromatic carbocycles. The van der Waals surface area contributed by atoms with Crippen molar-refractivity contribution < 1.29 is 23.5 Å². The van der Waals surface area contributed by atoms with E-state index in [9.17, 15) is 14.0 Å². The molecule has 3 rings (SSSR count). The minimum absolute atomic E-state index is 0.0394. The zero-order valence-corrected chi connectivity index (χ0v) is 17.2. The summed E-state index contributed by atoms with van der Waals surface area (Å²) < 4.78 is 24.0. The maximum absolute atomic E-state index is 12.9. The van der Waals surface area contributed by atoms with Crippen molar-refractivity contribution in [1.29, 1.82) is 0 Å². The van der Waals surface area contributed by atoms with Gasteiger partial charge in [0, 0.05) is 12.6 Å². The smallest absolute Gasteiger partial charge is 0.410 e. The highest BCUT2D eigenvalue weighted by Crippen LogP contribution is 2.24. The number of hydrogen-bond acceptors (Lipinski definition) is 6. The standard InChI is InChI=1S/C20H29FN4O4/c1-20(2,3)29-19(27)25-10-4-5-16(25)17(26)24-14-6-8-15(9-7-14)28-18-22-11-13(21)12-23-18/h11-12,14-16H,4-10H2,1-3H3,(H,24,26). The van der Waals surface area contributed by atoms with Gasteiger partial charge in [-0.25, -0.2) is 19.2 Å². The summed E-state index contributed by atoms with van der Waals surface area (Å²) in [5, 5.41) is 3.08. The van der Waals surface area contributed by atoms with Gasteiger partial charge in [-0.15, -0.1) is 0 Å². The maximum atomic E-state index is 12.9. The van der Waals surface area contributed by atoms with Crippen LogP contribution in [0.5, 0.6) is 6.01 Å². The zero-order chi connectivity index (χ0) is 21.0. The first-order chi connectivity index (χ1) is 13.7. The van der Waals surface area contributed by atoms with Gasteiger partial charge in [-0.05, 0) is 59.3 Å². The van der Waals surface area contributed by atoms with Crippen LogP contribution in [0.25, 0.3) is 0 Å². The monoisotopic (exact) mass is 408 g/mol. The second-order valence-electron chi connectivity index (χ2n) is 8.62. The Labute approximate surface area is 170 Å². The molecule has 0 bridgehead atoms. The van der Waals surface area contributed by atoms with Gasteiger partial charge in [-0.3, -0.25) is 9.69 Å². The fraction of sp³-hybridized carbons (Fsp3) is 0.700. The number of carbonyl (C=O) groups is 2. The molecule has 0 radical (unpaired) electrons. The summed E-state index contributed by atoms with van der Waals surface area (Å²) in [7, 11) is 0. The van der Waals surface area contributed by atoms with Gasteiger partial charge in [0.15, 0.2) is 5.82 Å². The van der Waals surface area contributed by atoms with Crippen molar-refractivity contribution >= 4 is 12.0 Å². The normalized spacial score (nSPS) is 24.8. The molecule has 1 unspecified atom stereocenters. The lowest BCUT2D eigenvalue weighted by molar-refractivity contribution is -0.126. The Kier molecular flexibility index (Phi) is 6.54. The largest absolute Gasteiger partial charge is 0.460 e. The molecule has 8 nitrogen and oxygen atoms in total. The summed E-state index contributed by atoms with van der Waals surface area (Å²) in [6, 6.07) is -0.276. The van der Waals surface area contributed by atoms with Crippen LogP contribution in [0.15, 0.2) is 12.4 Å². The highest BCUT2D eigenvalue weighted by molar-refractivity contribution is 5.86. The van der Waals surface area contributed by atoms with Crippen LogP contribution in [-0.2, 0) is 9.53 Å². The molecule has 1 N–H and O–H groups in total. The lowest BCUT2D eigenvalue weighted by Gasteiger charge is -2.31. The minimum atomic E-state index is -0.590. The van der Waals surface area contributed by atoms with Gasteiger partial charge in [0.1, 0.15) is 17.7 Å². The molecular formula is C20H29FN4O4. The van der Waals surface area contributed by atoms with Crippen LogP contribution in [0.4, 0.5) is 9.18 Å². The van der Waals surface area contributed by atoms with Gasteiger partial charge >= 0.3 is 12.1 Å². The molecule has 2 heterocycles. The molecule has 1 aliphatic carbocycles. The Hall–Kier alpha value is -2.45. The third kappa shape index (κ3) is 6.01. The quantitative estimate of drug-likeness (QED) is 0.823. The molecule has 1 aliphatic heterocycles. The summed E-state index contributed by atoms with van der Waals surface area (Å²) in [6.45, 7) is 5.97. The van der Waals surface area contributed by atoms with Gasteiger partial charge in [0.25, 0.3) is 0 Å². The van der Waals surface area contributed by atoms with Crippen LogP contribution >= 0.6 is 0 Å². The first-order valence-electron chi connectivity index (χ1n) is 10.2. The van der Waals surface area contributed by atoms with Gasteiger partial charge < -0.3 is 14.8 Å². The number of hydrogen-bond donors (Lipinski definition) is 1. The Morgan fingerprint density at radius 1 is 1.14 bits per heavy atom. The fourth-order valence-electron chi connectivity index (χ4n) is 3.71. The zero-order valence-electron chi connectivity index (χ0n) is 17.2.